The molecule has 0 fully saturated rings. The minimum absolute atomic E-state index is 0.0216. The second-order valence-electron chi connectivity index (χ2n) is 7.78. The average Bonchev–Trinajstić information content (AvgIpc) is 2.72. The molecule has 0 heterocycles. The maximum absolute atomic E-state index is 13.2. The minimum Gasteiger partial charge on any atom is -0.352 e. The molecule has 0 bridgehead atoms. The third-order valence-electron chi connectivity index (χ3n) is 5.21. The van der Waals surface area contributed by atoms with Crippen LogP contribution in [0.2, 0.25) is 0 Å². The van der Waals surface area contributed by atoms with Gasteiger partial charge in [-0.05, 0) is 37.8 Å². The summed E-state index contributed by atoms with van der Waals surface area (Å²) in [5, 5.41) is 3.09. The number of aryl methyl sites for hydroxylation is 1. The molecule has 0 aliphatic carbocycles. The molecule has 0 aliphatic heterocycles. The molecular formula is C25H34N2O2. The van der Waals surface area contributed by atoms with Gasteiger partial charge in [0.1, 0.15) is 6.04 Å². The molecule has 4 heteroatoms. The predicted octanol–water partition coefficient (Wildman–Crippen LogP) is 4.65. The molecule has 2 aromatic rings. The Morgan fingerprint density at radius 1 is 0.966 bits per heavy atom. The fourth-order valence-corrected chi connectivity index (χ4v) is 3.24. The largest absolute Gasteiger partial charge is 0.352 e. The van der Waals surface area contributed by atoms with Crippen LogP contribution >= 0.6 is 0 Å². The first-order chi connectivity index (χ1) is 13.9. The topological polar surface area (TPSA) is 49.4 Å². The molecule has 0 radical (unpaired) electrons. The van der Waals surface area contributed by atoms with Crippen LogP contribution < -0.4 is 5.32 Å². The van der Waals surface area contributed by atoms with Crippen LogP contribution in [0.15, 0.2) is 54.6 Å². The Bertz CT molecular complexity index is 771. The van der Waals surface area contributed by atoms with Crippen LogP contribution in [0.1, 0.15) is 56.7 Å². The quantitative estimate of drug-likeness (QED) is 0.638. The van der Waals surface area contributed by atoms with E-state index in [1.165, 1.54) is 5.56 Å². The summed E-state index contributed by atoms with van der Waals surface area (Å²) in [6, 6.07) is 17.6. The van der Waals surface area contributed by atoms with Crippen molar-refractivity contribution in [2.24, 2.45) is 0 Å². The summed E-state index contributed by atoms with van der Waals surface area (Å²) in [5.41, 5.74) is 3.26. The molecule has 0 saturated heterocycles. The number of nitrogens with one attached hydrogen (secondary N) is 1. The SMILES string of the molecule is CCCC(=O)N(Cc1ccc(C)cc1)[C@@H](Cc1ccccc1)C(=O)N[C@H](C)CC. The molecule has 2 amide bonds. The molecule has 0 aliphatic rings. The van der Waals surface area contributed by atoms with Crippen LogP contribution in [-0.2, 0) is 22.6 Å². The first-order valence-electron chi connectivity index (χ1n) is 10.6. The van der Waals surface area contributed by atoms with Gasteiger partial charge in [0.25, 0.3) is 0 Å². The molecular weight excluding hydrogens is 360 g/mol. The molecule has 2 aromatic carbocycles. The van der Waals surface area contributed by atoms with Gasteiger partial charge in [0, 0.05) is 25.4 Å². The maximum Gasteiger partial charge on any atom is 0.243 e. The lowest BCUT2D eigenvalue weighted by Crippen LogP contribution is -2.52. The average molecular weight is 395 g/mol. The van der Waals surface area contributed by atoms with Gasteiger partial charge in [-0.15, -0.1) is 0 Å². The van der Waals surface area contributed by atoms with Crippen LogP contribution in [0.5, 0.6) is 0 Å². The van der Waals surface area contributed by atoms with Crippen molar-refractivity contribution in [1.29, 1.82) is 0 Å². The summed E-state index contributed by atoms with van der Waals surface area (Å²) in [6.07, 6.45) is 2.55. The van der Waals surface area contributed by atoms with Crippen molar-refractivity contribution in [3.63, 3.8) is 0 Å². The van der Waals surface area contributed by atoms with Gasteiger partial charge in [0.05, 0.1) is 0 Å². The minimum atomic E-state index is -0.535. The molecule has 156 valence electrons. The van der Waals surface area contributed by atoms with Crippen molar-refractivity contribution < 1.29 is 9.59 Å². The van der Waals surface area contributed by atoms with Crippen LogP contribution in [0, 0.1) is 6.92 Å². The van der Waals surface area contributed by atoms with Crippen LogP contribution in [-0.4, -0.2) is 28.8 Å². The van der Waals surface area contributed by atoms with E-state index in [1.54, 1.807) is 4.90 Å². The zero-order valence-electron chi connectivity index (χ0n) is 18.2. The molecule has 0 unspecified atom stereocenters. The van der Waals surface area contributed by atoms with Crippen LogP contribution in [0.3, 0.4) is 0 Å². The van der Waals surface area contributed by atoms with E-state index in [0.29, 0.717) is 19.4 Å². The van der Waals surface area contributed by atoms with E-state index in [1.807, 2.05) is 82.3 Å². The molecule has 1 N–H and O–H groups in total. The summed E-state index contributed by atoms with van der Waals surface area (Å²) in [6.45, 7) is 8.51. The number of amides is 2. The van der Waals surface area contributed by atoms with Crippen molar-refractivity contribution in [2.75, 3.05) is 0 Å². The molecule has 0 aromatic heterocycles. The first-order valence-corrected chi connectivity index (χ1v) is 10.6. The Morgan fingerprint density at radius 3 is 2.21 bits per heavy atom. The van der Waals surface area contributed by atoms with E-state index >= 15 is 0 Å². The van der Waals surface area contributed by atoms with Gasteiger partial charge < -0.3 is 10.2 Å². The molecule has 2 rings (SSSR count). The van der Waals surface area contributed by atoms with E-state index in [-0.39, 0.29) is 17.9 Å². The number of rotatable bonds is 10. The lowest BCUT2D eigenvalue weighted by atomic mass is 10.0. The van der Waals surface area contributed by atoms with E-state index < -0.39 is 6.04 Å². The van der Waals surface area contributed by atoms with Gasteiger partial charge >= 0.3 is 0 Å². The molecule has 2 atom stereocenters. The predicted molar refractivity (Wildman–Crippen MR) is 118 cm³/mol. The van der Waals surface area contributed by atoms with Gasteiger partial charge in [-0.2, -0.15) is 0 Å². The fraction of sp³-hybridized carbons (Fsp3) is 0.440. The smallest absolute Gasteiger partial charge is 0.243 e. The van der Waals surface area contributed by atoms with Crippen molar-refractivity contribution in [1.82, 2.24) is 10.2 Å². The highest BCUT2D eigenvalue weighted by Gasteiger charge is 2.30. The Kier molecular flexibility index (Phi) is 8.91. The first kappa shape index (κ1) is 22.7. The third-order valence-corrected chi connectivity index (χ3v) is 5.21. The summed E-state index contributed by atoms with van der Waals surface area (Å²) in [4.78, 5) is 28.0. The number of benzene rings is 2. The van der Waals surface area contributed by atoms with Gasteiger partial charge in [0.15, 0.2) is 0 Å². The Labute approximate surface area is 175 Å². The van der Waals surface area contributed by atoms with Gasteiger partial charge in [-0.3, -0.25) is 9.59 Å². The lowest BCUT2D eigenvalue weighted by molar-refractivity contribution is -0.141. The second kappa shape index (κ2) is 11.4. The lowest BCUT2D eigenvalue weighted by Gasteiger charge is -2.32. The number of carbonyl (C=O) groups excluding carboxylic acids is 2. The molecule has 29 heavy (non-hydrogen) atoms. The molecule has 4 nitrogen and oxygen atoms in total. The monoisotopic (exact) mass is 394 g/mol. The third kappa shape index (κ3) is 7.04. The Hall–Kier alpha value is -2.62. The van der Waals surface area contributed by atoms with Gasteiger partial charge in [0.2, 0.25) is 11.8 Å². The molecule has 0 saturated carbocycles. The van der Waals surface area contributed by atoms with Gasteiger partial charge in [-0.25, -0.2) is 0 Å². The highest BCUT2D eigenvalue weighted by atomic mass is 16.2. The standard InChI is InChI=1S/C25H34N2O2/c1-5-10-24(28)27(18-22-15-13-19(3)14-16-22)23(25(29)26-20(4)6-2)17-21-11-8-7-9-12-21/h7-9,11-16,20,23H,5-6,10,17-18H2,1-4H3,(H,26,29)/t20-,23+/m1/s1. The van der Waals surface area contributed by atoms with Crippen LogP contribution in [0.25, 0.3) is 0 Å². The zero-order chi connectivity index (χ0) is 21.2. The van der Waals surface area contributed by atoms with Crippen molar-refractivity contribution >= 4 is 11.8 Å². The normalized spacial score (nSPS) is 12.8. The van der Waals surface area contributed by atoms with E-state index in [9.17, 15) is 9.59 Å². The number of carbonyl (C=O) groups is 2. The summed E-state index contributed by atoms with van der Waals surface area (Å²) in [7, 11) is 0. The fourth-order valence-electron chi connectivity index (χ4n) is 3.24. The highest BCUT2D eigenvalue weighted by molar-refractivity contribution is 5.88. The summed E-state index contributed by atoms with van der Waals surface area (Å²) in [5.74, 6) is -0.0620. The highest BCUT2D eigenvalue weighted by Crippen LogP contribution is 2.17. The van der Waals surface area contributed by atoms with Crippen molar-refractivity contribution in [2.45, 2.75) is 72.0 Å². The number of hydrogen-bond acceptors (Lipinski definition) is 2. The van der Waals surface area contributed by atoms with Crippen molar-refractivity contribution in [3.8, 4) is 0 Å². The summed E-state index contributed by atoms with van der Waals surface area (Å²) < 4.78 is 0. The van der Waals surface area contributed by atoms with E-state index in [0.717, 1.165) is 24.0 Å². The van der Waals surface area contributed by atoms with Crippen molar-refractivity contribution in [3.05, 3.63) is 71.3 Å². The number of nitrogens with zero attached hydrogens (tertiary/aromatic N) is 1. The zero-order valence-corrected chi connectivity index (χ0v) is 18.2. The maximum atomic E-state index is 13.2. The molecule has 0 spiro atoms. The second-order valence-corrected chi connectivity index (χ2v) is 7.78. The summed E-state index contributed by atoms with van der Waals surface area (Å²) >= 11 is 0. The Morgan fingerprint density at radius 2 is 1.62 bits per heavy atom. The van der Waals surface area contributed by atoms with Gasteiger partial charge in [-0.1, -0.05) is 74.0 Å². The van der Waals surface area contributed by atoms with E-state index in [2.05, 4.69) is 5.32 Å². The van der Waals surface area contributed by atoms with E-state index in [4.69, 9.17) is 0 Å². The number of hydrogen-bond donors (Lipinski definition) is 1. The Balaban J connectivity index is 2.35. The van der Waals surface area contributed by atoms with Crippen LogP contribution in [0.4, 0.5) is 0 Å².